The molecule has 0 saturated heterocycles. The number of carbonyl (C=O) groups excluding carboxylic acids is 5. The molecule has 17 heteroatoms. The summed E-state index contributed by atoms with van der Waals surface area (Å²) in [6, 6.07) is 31.7. The second-order valence-corrected chi connectivity index (χ2v) is 25.3. The molecule has 2 amide bonds. The Morgan fingerprint density at radius 2 is 0.840 bits per heavy atom. The topological polar surface area (TPSA) is 196 Å². The first-order valence-electron chi connectivity index (χ1n) is 33.1. The van der Waals surface area contributed by atoms with E-state index in [-0.39, 0.29) is 49.7 Å². The van der Waals surface area contributed by atoms with E-state index in [1.54, 1.807) is 41.5 Å². The zero-order valence-corrected chi connectivity index (χ0v) is 51.0. The number of aliphatic hydroxyl groups excluding tert-OH is 1. The van der Waals surface area contributed by atoms with Crippen molar-refractivity contribution in [1.29, 1.82) is 0 Å². The van der Waals surface area contributed by atoms with Crippen molar-refractivity contribution < 1.29 is 89.3 Å². The molecule has 4 rings (SSSR count). The molecule has 0 fully saturated rings. The standard InChI is InChI=1S/C32H44FNO6.C20H24O3.C12H22FNO4.6H2/c1-30(2,3)24-17-15-22(16-18-24)19-26(28(36)38-21-23-13-11-10-12-14-23)39-27(35)25(20-32(7,8)33)34(9)29(37)40-31(4,5)6;1-20(2,3)17-11-9-15(10-12-17)13-18(21)19(22)23-14-16-7-5-4-6-8-16;1-11(2,3)18-10(17)14(6)8(9(15)16)7-12(4,5)13;;;;;;/h10-18,25-26H,19-21H2,1-9H3;4-12,18,21H,13-14H2,1-3H3;8H,7H2,1-6H3,(H,15,16);6*1H/t25-,26+;18-;8-;;;;;;/m010....../s1/i;;;6*1+1D. The van der Waals surface area contributed by atoms with Gasteiger partial charge >= 0.3 is 36.1 Å². The molecule has 15 nitrogen and oxygen atoms in total. The van der Waals surface area contributed by atoms with Crippen LogP contribution in [0.25, 0.3) is 0 Å². The first-order chi connectivity index (χ1) is 43.0. The normalized spacial score (nSPS) is 14.0. The van der Waals surface area contributed by atoms with Crippen molar-refractivity contribution in [2.75, 3.05) is 14.1 Å². The van der Waals surface area contributed by atoms with Crippen LogP contribution in [0.5, 0.6) is 0 Å². The highest BCUT2D eigenvalue weighted by atomic mass is 19.1. The Bertz CT molecular complexity index is 2660. The number of halogens is 2. The molecule has 0 saturated carbocycles. The van der Waals surface area contributed by atoms with E-state index in [9.17, 15) is 42.7 Å². The van der Waals surface area contributed by atoms with Crippen LogP contribution >= 0.6 is 0 Å². The number of esters is 3. The molecule has 460 valence electrons. The van der Waals surface area contributed by atoms with Crippen molar-refractivity contribution in [3.05, 3.63) is 143 Å². The number of hydrogen-bond acceptors (Lipinski definition) is 12. The number of aliphatic carboxylic acids is 1. The van der Waals surface area contributed by atoms with Crippen LogP contribution in [0.2, 0.25) is 0 Å². The summed E-state index contributed by atoms with van der Waals surface area (Å²) in [6.45, 7) is 28.2. The summed E-state index contributed by atoms with van der Waals surface area (Å²) >= 11 is 0. The van der Waals surface area contributed by atoms with Crippen molar-refractivity contribution in [2.45, 2.75) is 207 Å². The molecule has 0 aliphatic carbocycles. The monoisotopic (exact) mass is 1160 g/mol. The average molecular weight is 1160 g/mol. The van der Waals surface area contributed by atoms with Crippen LogP contribution in [-0.2, 0) is 79.7 Å². The molecule has 0 aliphatic rings. The molecule has 0 heterocycles. The van der Waals surface area contributed by atoms with Gasteiger partial charge < -0.3 is 33.9 Å². The quantitative estimate of drug-likeness (QED) is 0.0665. The van der Waals surface area contributed by atoms with Crippen molar-refractivity contribution in [3.63, 3.8) is 0 Å². The summed E-state index contributed by atoms with van der Waals surface area (Å²) in [6.07, 6.45) is -4.37. The molecular formula is C64H102F2N2O13. The maximum atomic E-state index is 14.8. The third kappa shape index (κ3) is 27.9. The van der Waals surface area contributed by atoms with Gasteiger partial charge in [0.2, 0.25) is 6.10 Å². The fourth-order valence-electron chi connectivity index (χ4n) is 7.45. The number of carboxylic acid groups (broad SMARTS) is 1. The number of nitrogens with zero attached hydrogens (tertiary/aromatic N) is 2. The van der Waals surface area contributed by atoms with Crippen molar-refractivity contribution in [3.8, 4) is 0 Å². The third-order valence-electron chi connectivity index (χ3n) is 11.9. The summed E-state index contributed by atoms with van der Waals surface area (Å²) < 4.78 is 115. The Kier molecular flexibility index (Phi) is 22.5. The highest BCUT2D eigenvalue weighted by Crippen LogP contribution is 2.27. The second-order valence-electron chi connectivity index (χ2n) is 25.3. The van der Waals surface area contributed by atoms with Crippen molar-refractivity contribution in [1.82, 2.24) is 9.80 Å². The molecule has 4 aromatic rings. The van der Waals surface area contributed by atoms with Gasteiger partial charge in [-0.3, -0.25) is 9.80 Å². The van der Waals surface area contributed by atoms with E-state index in [4.69, 9.17) is 46.6 Å². The van der Waals surface area contributed by atoms with E-state index in [0.717, 1.165) is 37.6 Å². The molecule has 4 atom stereocenters. The van der Waals surface area contributed by atoms with E-state index in [1.165, 1.54) is 47.4 Å². The molecule has 0 aliphatic heterocycles. The average Bonchev–Trinajstić information content (AvgIpc) is 0.892. The Hall–Kier alpha value is -6.88. The van der Waals surface area contributed by atoms with Gasteiger partial charge in [0.05, 0.1) is 0 Å². The maximum Gasteiger partial charge on any atom is 0.410 e. The number of carboxylic acids is 1. The van der Waals surface area contributed by atoms with Gasteiger partial charge in [-0.2, -0.15) is 0 Å². The summed E-state index contributed by atoms with van der Waals surface area (Å²) in [5.74, 6) is -3.51. The van der Waals surface area contributed by atoms with Gasteiger partial charge in [-0.25, -0.2) is 37.5 Å². The third-order valence-corrected chi connectivity index (χ3v) is 11.9. The fourth-order valence-corrected chi connectivity index (χ4v) is 7.45. The number of benzene rings is 4. The number of hydrogen-bond donors (Lipinski definition) is 2. The van der Waals surface area contributed by atoms with E-state index >= 15 is 0 Å². The van der Waals surface area contributed by atoms with Crippen LogP contribution in [0.1, 0.15) is 175 Å². The Morgan fingerprint density at radius 3 is 1.19 bits per heavy atom. The van der Waals surface area contributed by atoms with Crippen LogP contribution < -0.4 is 0 Å². The van der Waals surface area contributed by atoms with E-state index in [0.29, 0.717) is 0 Å². The molecule has 81 heavy (non-hydrogen) atoms. The van der Waals surface area contributed by atoms with E-state index in [2.05, 4.69) is 41.5 Å². The predicted octanol–water partition coefficient (Wildman–Crippen LogP) is 14.1. The number of ether oxygens (including phenoxy) is 5. The molecule has 4 aromatic carbocycles. The Balaban J connectivity index is -0.000000413. The number of carbonyl (C=O) groups is 6. The van der Waals surface area contributed by atoms with Crippen LogP contribution in [0.4, 0.5) is 18.4 Å². The number of alkyl halides is 2. The minimum absolute atomic E-state index is 0.00453. The van der Waals surface area contributed by atoms with Crippen molar-refractivity contribution >= 4 is 36.1 Å². The first kappa shape index (κ1) is 60.2. The maximum absolute atomic E-state index is 14.8. The van der Waals surface area contributed by atoms with Gasteiger partial charge in [-0.1, -0.05) is 151 Å². The van der Waals surface area contributed by atoms with Crippen LogP contribution in [0.3, 0.4) is 0 Å². The van der Waals surface area contributed by atoms with Crippen LogP contribution in [-0.4, -0.2) is 117 Å². The minimum Gasteiger partial charge on any atom is -0.480 e. The second kappa shape index (κ2) is 30.3. The molecule has 0 bridgehead atoms. The number of amides is 2. The Labute approximate surface area is 498 Å². The summed E-state index contributed by atoms with van der Waals surface area (Å²) in [5.41, 5.74) is 0.679. The van der Waals surface area contributed by atoms with E-state index < -0.39 is 82.9 Å². The molecular weight excluding hydrogens is 1040 g/mol. The van der Waals surface area contributed by atoms with Crippen LogP contribution in [0, 0.1) is 0 Å². The highest BCUT2D eigenvalue weighted by molar-refractivity contribution is 5.85. The smallest absolute Gasteiger partial charge is 0.410 e. The van der Waals surface area contributed by atoms with E-state index in [1.807, 2.05) is 109 Å². The fraction of sp³-hybridized carbons (Fsp3) is 0.531. The van der Waals surface area contributed by atoms with Gasteiger partial charge in [-0.15, -0.1) is 0 Å². The van der Waals surface area contributed by atoms with Gasteiger partial charge in [-0.05, 0) is 113 Å². The highest BCUT2D eigenvalue weighted by Gasteiger charge is 2.39. The van der Waals surface area contributed by atoms with Gasteiger partial charge in [0.15, 0.2) is 6.10 Å². The predicted molar refractivity (Wildman–Crippen MR) is 322 cm³/mol. The summed E-state index contributed by atoms with van der Waals surface area (Å²) in [4.78, 5) is 76.0. The zero-order chi connectivity index (χ0) is 73.9. The lowest BCUT2D eigenvalue weighted by Crippen LogP contribution is -2.49. The van der Waals surface area contributed by atoms with Crippen LogP contribution in [0.15, 0.2) is 109 Å². The minimum atomic E-state index is -1.81. The molecule has 2 N–H and O–H groups in total. The number of likely N-dealkylation sites (N-methyl/N-ethyl adjacent to an activating group) is 2. The largest absolute Gasteiger partial charge is 0.480 e. The molecule has 0 unspecified atom stereocenters. The number of aliphatic hydroxyl groups is 1. The lowest BCUT2D eigenvalue weighted by atomic mass is 9.86. The van der Waals surface area contributed by atoms with Crippen molar-refractivity contribution in [2.24, 2.45) is 0 Å². The Morgan fingerprint density at radius 1 is 0.494 bits per heavy atom. The lowest BCUT2D eigenvalue weighted by molar-refractivity contribution is -0.172. The van der Waals surface area contributed by atoms with Gasteiger partial charge in [0.25, 0.3) is 0 Å². The summed E-state index contributed by atoms with van der Waals surface area (Å²) in [7, 11) is 2.64. The SMILES string of the molecule is CC(C)(C)c1ccc(C[C@@H](O)C(=O)OCc2ccccc2)cc1.CN(C(=O)OC(C)(C)C)[C@@H](CC(C)(C)F)C(=O)O.CN(C(=O)OC(C)(C)C)[C@@H](CC(C)(C)F)C(=O)O[C@H](Cc1ccc(C(C)(C)C)cc1)C(=O)OCc1ccccc1.[2H][2H].[2H][2H].[2H][2H].[2H][2H].[2H][2H].[2H][2H]. The van der Waals surface area contributed by atoms with Gasteiger partial charge in [0, 0.05) is 57.6 Å². The summed E-state index contributed by atoms with van der Waals surface area (Å²) in [5, 5.41) is 19.0. The van der Waals surface area contributed by atoms with Gasteiger partial charge in [0.1, 0.15) is 47.8 Å². The molecule has 0 radical (unpaired) electrons. The zero-order valence-electron chi connectivity index (χ0n) is 63.0. The molecule has 0 aromatic heterocycles. The lowest BCUT2D eigenvalue weighted by Gasteiger charge is -2.32. The number of rotatable bonds is 19. The molecule has 0 spiro atoms. The first-order valence-corrected chi connectivity index (χ1v) is 27.1.